The van der Waals surface area contributed by atoms with E-state index in [1.165, 1.54) is 0 Å². The highest BCUT2D eigenvalue weighted by Crippen LogP contribution is 2.33. The van der Waals surface area contributed by atoms with Gasteiger partial charge in [-0.25, -0.2) is 4.98 Å². The Morgan fingerprint density at radius 2 is 2.11 bits per heavy atom. The van der Waals surface area contributed by atoms with E-state index in [-0.39, 0.29) is 11.9 Å². The summed E-state index contributed by atoms with van der Waals surface area (Å²) in [6.45, 7) is 1.16. The third kappa shape index (κ3) is 3.26. The molecule has 0 saturated heterocycles. The number of benzene rings is 1. The summed E-state index contributed by atoms with van der Waals surface area (Å²) < 4.78 is 1.82. The third-order valence-electron chi connectivity index (χ3n) is 5.33. The van der Waals surface area contributed by atoms with Crippen LogP contribution in [0.25, 0.3) is 0 Å². The molecule has 2 aromatic heterocycles. The Morgan fingerprint density at radius 3 is 2.85 bits per heavy atom. The van der Waals surface area contributed by atoms with Crippen LogP contribution in [0.1, 0.15) is 40.7 Å². The number of amides is 1. The lowest BCUT2D eigenvalue weighted by Crippen LogP contribution is -2.41. The van der Waals surface area contributed by atoms with Crippen LogP contribution in [0.4, 0.5) is 0 Å². The summed E-state index contributed by atoms with van der Waals surface area (Å²) in [6, 6.07) is 9.80. The van der Waals surface area contributed by atoms with E-state index in [1.54, 1.807) is 12.5 Å². The van der Waals surface area contributed by atoms with Crippen molar-refractivity contribution < 1.29 is 4.79 Å². The van der Waals surface area contributed by atoms with Crippen molar-refractivity contribution in [3.63, 3.8) is 0 Å². The highest BCUT2D eigenvalue weighted by atomic mass is 16.2. The maximum atomic E-state index is 13.1. The number of rotatable bonds is 5. The van der Waals surface area contributed by atoms with E-state index >= 15 is 0 Å². The SMILES string of the molecule is Cn1nccc1C1c2nc[nH]c2CCN1C(=O)CCc1ccccc1CN. The van der Waals surface area contributed by atoms with Gasteiger partial charge in [0.15, 0.2) is 0 Å². The molecule has 0 bridgehead atoms. The van der Waals surface area contributed by atoms with E-state index in [9.17, 15) is 4.79 Å². The Kier molecular flexibility index (Phi) is 4.77. The topological polar surface area (TPSA) is 92.8 Å². The van der Waals surface area contributed by atoms with Gasteiger partial charge in [0.1, 0.15) is 6.04 Å². The van der Waals surface area contributed by atoms with Gasteiger partial charge in [-0.3, -0.25) is 9.48 Å². The van der Waals surface area contributed by atoms with Gasteiger partial charge < -0.3 is 15.6 Å². The van der Waals surface area contributed by atoms with Crippen molar-refractivity contribution in [2.75, 3.05) is 6.54 Å². The maximum absolute atomic E-state index is 13.1. The van der Waals surface area contributed by atoms with Gasteiger partial charge in [0.05, 0.1) is 17.7 Å². The van der Waals surface area contributed by atoms with Crippen LogP contribution >= 0.6 is 0 Å². The molecule has 140 valence electrons. The van der Waals surface area contributed by atoms with Crippen molar-refractivity contribution in [2.45, 2.75) is 31.8 Å². The Balaban J connectivity index is 1.58. The number of carbonyl (C=O) groups excluding carboxylic acids is 1. The summed E-state index contributed by atoms with van der Waals surface area (Å²) >= 11 is 0. The van der Waals surface area contributed by atoms with Crippen LogP contribution in [-0.2, 0) is 31.2 Å². The minimum absolute atomic E-state index is 0.127. The van der Waals surface area contributed by atoms with E-state index in [0.29, 0.717) is 25.9 Å². The summed E-state index contributed by atoms with van der Waals surface area (Å²) in [6.07, 6.45) is 5.39. The molecule has 0 spiro atoms. The normalized spacial score (nSPS) is 16.4. The molecule has 7 nitrogen and oxygen atoms in total. The van der Waals surface area contributed by atoms with Gasteiger partial charge in [-0.1, -0.05) is 24.3 Å². The molecule has 1 amide bonds. The molecular weight excluding hydrogens is 340 g/mol. The zero-order valence-corrected chi connectivity index (χ0v) is 15.4. The molecule has 0 saturated carbocycles. The molecule has 1 unspecified atom stereocenters. The van der Waals surface area contributed by atoms with Crippen molar-refractivity contribution >= 4 is 5.91 Å². The number of hydrogen-bond donors (Lipinski definition) is 2. The number of aromatic nitrogens is 4. The number of H-pyrrole nitrogens is 1. The molecule has 3 N–H and O–H groups in total. The van der Waals surface area contributed by atoms with Crippen LogP contribution < -0.4 is 5.73 Å². The smallest absolute Gasteiger partial charge is 0.223 e. The number of imidazole rings is 1. The monoisotopic (exact) mass is 364 g/mol. The second-order valence-corrected chi connectivity index (χ2v) is 6.86. The number of fused-ring (bicyclic) bond motifs is 1. The van der Waals surface area contributed by atoms with E-state index in [0.717, 1.165) is 34.6 Å². The van der Waals surface area contributed by atoms with Crippen molar-refractivity contribution in [1.29, 1.82) is 0 Å². The van der Waals surface area contributed by atoms with E-state index < -0.39 is 0 Å². The first-order valence-electron chi connectivity index (χ1n) is 9.25. The summed E-state index contributed by atoms with van der Waals surface area (Å²) in [4.78, 5) is 22.8. The van der Waals surface area contributed by atoms with Crippen LogP contribution in [0.2, 0.25) is 0 Å². The average Bonchev–Trinajstić information content (AvgIpc) is 3.34. The lowest BCUT2D eigenvalue weighted by atomic mass is 9.97. The third-order valence-corrected chi connectivity index (χ3v) is 5.33. The number of aromatic amines is 1. The minimum Gasteiger partial charge on any atom is -0.348 e. The quantitative estimate of drug-likeness (QED) is 0.721. The van der Waals surface area contributed by atoms with E-state index in [2.05, 4.69) is 21.1 Å². The lowest BCUT2D eigenvalue weighted by Gasteiger charge is -2.35. The van der Waals surface area contributed by atoms with Crippen LogP contribution in [0.5, 0.6) is 0 Å². The second kappa shape index (κ2) is 7.36. The lowest BCUT2D eigenvalue weighted by molar-refractivity contribution is -0.133. The fourth-order valence-electron chi connectivity index (χ4n) is 3.88. The molecule has 1 aromatic carbocycles. The molecule has 0 aliphatic carbocycles. The molecule has 7 heteroatoms. The van der Waals surface area contributed by atoms with Crippen LogP contribution in [0.3, 0.4) is 0 Å². The van der Waals surface area contributed by atoms with Gasteiger partial charge >= 0.3 is 0 Å². The molecule has 27 heavy (non-hydrogen) atoms. The minimum atomic E-state index is -0.204. The van der Waals surface area contributed by atoms with Crippen LogP contribution in [0, 0.1) is 0 Å². The molecule has 1 aliphatic rings. The summed E-state index contributed by atoms with van der Waals surface area (Å²) in [5.74, 6) is 0.127. The molecule has 3 heterocycles. The van der Waals surface area contributed by atoms with Crippen molar-refractivity contribution in [1.82, 2.24) is 24.6 Å². The summed E-state index contributed by atoms with van der Waals surface area (Å²) in [7, 11) is 1.90. The van der Waals surface area contributed by atoms with Crippen LogP contribution in [-0.4, -0.2) is 37.1 Å². The van der Waals surface area contributed by atoms with Crippen molar-refractivity contribution in [3.05, 3.63) is 71.1 Å². The molecule has 3 aromatic rings. The fourth-order valence-corrected chi connectivity index (χ4v) is 3.88. The van der Waals surface area contributed by atoms with Gasteiger partial charge in [-0.05, 0) is 23.6 Å². The number of aryl methyl sites for hydroxylation is 2. The molecule has 0 radical (unpaired) electrons. The predicted molar refractivity (Wildman–Crippen MR) is 102 cm³/mol. The molecule has 4 rings (SSSR count). The zero-order chi connectivity index (χ0) is 18.8. The molecule has 0 fully saturated rings. The van der Waals surface area contributed by atoms with Crippen molar-refractivity contribution in [3.8, 4) is 0 Å². The van der Waals surface area contributed by atoms with Gasteiger partial charge in [0, 0.05) is 44.9 Å². The van der Waals surface area contributed by atoms with Crippen LogP contribution in [0.15, 0.2) is 42.9 Å². The zero-order valence-electron chi connectivity index (χ0n) is 15.4. The first kappa shape index (κ1) is 17.5. The van der Waals surface area contributed by atoms with Gasteiger partial charge in [0.2, 0.25) is 5.91 Å². The van der Waals surface area contributed by atoms with E-state index in [4.69, 9.17) is 5.73 Å². The maximum Gasteiger partial charge on any atom is 0.223 e. The second-order valence-electron chi connectivity index (χ2n) is 6.86. The average molecular weight is 364 g/mol. The van der Waals surface area contributed by atoms with Crippen molar-refractivity contribution in [2.24, 2.45) is 12.8 Å². The molecule has 1 atom stereocenters. The first-order chi connectivity index (χ1) is 13.2. The number of carbonyl (C=O) groups is 1. The highest BCUT2D eigenvalue weighted by Gasteiger charge is 2.35. The fraction of sp³-hybridized carbons (Fsp3) is 0.350. The number of nitrogens with zero attached hydrogens (tertiary/aromatic N) is 4. The Morgan fingerprint density at radius 1 is 1.30 bits per heavy atom. The summed E-state index contributed by atoms with van der Waals surface area (Å²) in [5, 5.41) is 4.29. The Labute approximate surface area is 158 Å². The van der Waals surface area contributed by atoms with Gasteiger partial charge in [0.25, 0.3) is 0 Å². The summed E-state index contributed by atoms with van der Waals surface area (Å²) in [5.41, 5.74) is 11.1. The molecule has 1 aliphatic heterocycles. The largest absolute Gasteiger partial charge is 0.348 e. The van der Waals surface area contributed by atoms with Gasteiger partial charge in [-0.15, -0.1) is 0 Å². The van der Waals surface area contributed by atoms with E-state index in [1.807, 2.05) is 40.9 Å². The van der Waals surface area contributed by atoms with Gasteiger partial charge in [-0.2, -0.15) is 5.10 Å². The molecular formula is C20H24N6O. The standard InChI is InChI=1S/C20H24N6O/c1-25-17(8-10-24-25)20-19-16(22-13-23-19)9-11-26(20)18(27)7-6-14-4-2-3-5-15(14)12-21/h2-5,8,10,13,20H,6-7,9,11-12,21H2,1H3,(H,22,23). The highest BCUT2D eigenvalue weighted by molar-refractivity contribution is 5.78. The number of hydrogen-bond acceptors (Lipinski definition) is 4. The Bertz CT molecular complexity index is 943. The number of nitrogens with one attached hydrogen (secondary N) is 1. The Hall–Kier alpha value is -2.93. The first-order valence-corrected chi connectivity index (χ1v) is 9.25. The number of nitrogens with two attached hydrogens (primary N) is 1. The predicted octanol–water partition coefficient (Wildman–Crippen LogP) is 1.71.